The van der Waals surface area contributed by atoms with Gasteiger partial charge in [0.2, 0.25) is 0 Å². The van der Waals surface area contributed by atoms with Crippen LogP contribution in [0.5, 0.6) is 5.75 Å². The van der Waals surface area contributed by atoms with Crippen LogP contribution >= 0.6 is 0 Å². The second-order valence-corrected chi connectivity index (χ2v) is 5.68. The summed E-state index contributed by atoms with van der Waals surface area (Å²) in [5.74, 6) is 1.16. The lowest BCUT2D eigenvalue weighted by Gasteiger charge is -2.17. The summed E-state index contributed by atoms with van der Waals surface area (Å²) < 4.78 is 7.56. The number of hydrogen-bond donors (Lipinski definition) is 1. The van der Waals surface area contributed by atoms with E-state index < -0.39 is 6.10 Å². The second-order valence-electron chi connectivity index (χ2n) is 5.68. The third-order valence-corrected chi connectivity index (χ3v) is 3.83. The van der Waals surface area contributed by atoms with E-state index in [4.69, 9.17) is 4.74 Å². The van der Waals surface area contributed by atoms with Crippen LogP contribution < -0.4 is 10.1 Å². The molecule has 1 N–H and O–H groups in total. The molecule has 0 saturated heterocycles. The summed E-state index contributed by atoms with van der Waals surface area (Å²) >= 11 is 0. The molecular weight excluding hydrogens is 314 g/mol. The number of ether oxygens (including phenoxy) is 1. The van der Waals surface area contributed by atoms with Gasteiger partial charge in [-0.15, -0.1) is 0 Å². The molecule has 2 aromatic carbocycles. The average Bonchev–Trinajstić information content (AvgIpc) is 3.08. The molecule has 5 nitrogen and oxygen atoms in total. The number of nitrogens with zero attached hydrogens (tertiary/aromatic N) is 2. The molecule has 128 valence electrons. The van der Waals surface area contributed by atoms with E-state index in [0.717, 1.165) is 5.56 Å². The summed E-state index contributed by atoms with van der Waals surface area (Å²) in [5.41, 5.74) is 1.12. The smallest absolute Gasteiger partial charge is 0.266 e. The summed E-state index contributed by atoms with van der Waals surface area (Å²) in [4.78, 5) is 12.6. The Morgan fingerprint density at radius 3 is 2.44 bits per heavy atom. The predicted octanol–water partition coefficient (Wildman–Crippen LogP) is 3.73. The molecule has 0 radical (unpaired) electrons. The number of nitrogens with one attached hydrogen (secondary N) is 1. The van der Waals surface area contributed by atoms with E-state index in [2.05, 4.69) is 10.4 Å². The van der Waals surface area contributed by atoms with E-state index in [0.29, 0.717) is 24.5 Å². The molecule has 0 aliphatic heterocycles. The molecule has 1 aromatic heterocycles. The molecule has 0 unspecified atom stereocenters. The number of aromatic nitrogens is 2. The number of rotatable bonds is 7. The first-order valence-corrected chi connectivity index (χ1v) is 8.34. The maximum Gasteiger partial charge on any atom is 0.266 e. The summed E-state index contributed by atoms with van der Waals surface area (Å²) in [6, 6.07) is 21.2. The van der Waals surface area contributed by atoms with Crippen molar-refractivity contribution in [3.8, 4) is 5.75 Å². The number of amides is 1. The van der Waals surface area contributed by atoms with Crippen LogP contribution in [0.1, 0.15) is 18.9 Å². The molecule has 5 heteroatoms. The molecule has 1 atom stereocenters. The zero-order valence-corrected chi connectivity index (χ0v) is 14.1. The van der Waals surface area contributed by atoms with Gasteiger partial charge in [-0.2, -0.15) is 5.10 Å². The van der Waals surface area contributed by atoms with Crippen molar-refractivity contribution >= 4 is 11.7 Å². The molecular formula is C20H21N3O2. The van der Waals surface area contributed by atoms with Gasteiger partial charge >= 0.3 is 0 Å². The quantitative estimate of drug-likeness (QED) is 0.716. The van der Waals surface area contributed by atoms with E-state index in [1.807, 2.05) is 67.6 Å². The van der Waals surface area contributed by atoms with Crippen molar-refractivity contribution in [1.82, 2.24) is 9.78 Å². The third kappa shape index (κ3) is 4.47. The number of carbonyl (C=O) groups excluding carboxylic acids is 1. The topological polar surface area (TPSA) is 56.1 Å². The first kappa shape index (κ1) is 16.8. The Kier molecular flexibility index (Phi) is 5.46. The predicted molar refractivity (Wildman–Crippen MR) is 97.5 cm³/mol. The van der Waals surface area contributed by atoms with Crippen molar-refractivity contribution in [2.24, 2.45) is 0 Å². The molecule has 3 aromatic rings. The molecule has 25 heavy (non-hydrogen) atoms. The summed E-state index contributed by atoms with van der Waals surface area (Å²) in [6.45, 7) is 2.52. The minimum Gasteiger partial charge on any atom is -0.481 e. The van der Waals surface area contributed by atoms with E-state index >= 15 is 0 Å². The summed E-state index contributed by atoms with van der Waals surface area (Å²) in [6.07, 6.45) is 1.70. The monoisotopic (exact) mass is 335 g/mol. The van der Waals surface area contributed by atoms with Crippen molar-refractivity contribution in [1.29, 1.82) is 0 Å². The molecule has 0 bridgehead atoms. The van der Waals surface area contributed by atoms with Crippen LogP contribution in [0.3, 0.4) is 0 Å². The number of hydrogen-bond acceptors (Lipinski definition) is 3. The van der Waals surface area contributed by atoms with Gasteiger partial charge < -0.3 is 10.1 Å². The minimum atomic E-state index is -0.553. The van der Waals surface area contributed by atoms with Gasteiger partial charge in [0.05, 0.1) is 12.7 Å². The van der Waals surface area contributed by atoms with Crippen LogP contribution in [0.4, 0.5) is 5.82 Å². The van der Waals surface area contributed by atoms with Crippen molar-refractivity contribution in [2.45, 2.75) is 26.0 Å². The fraction of sp³-hybridized carbons (Fsp3) is 0.200. The van der Waals surface area contributed by atoms with E-state index in [9.17, 15) is 4.79 Å². The Labute approximate surface area is 147 Å². The first-order valence-electron chi connectivity index (χ1n) is 8.34. The largest absolute Gasteiger partial charge is 0.481 e. The fourth-order valence-corrected chi connectivity index (χ4v) is 2.51. The maximum atomic E-state index is 12.6. The van der Waals surface area contributed by atoms with Gasteiger partial charge in [-0.3, -0.25) is 4.79 Å². The number of para-hydroxylation sites is 1. The van der Waals surface area contributed by atoms with Crippen LogP contribution in [-0.2, 0) is 11.3 Å². The fourth-order valence-electron chi connectivity index (χ4n) is 2.51. The lowest BCUT2D eigenvalue weighted by atomic mass is 10.2. The first-order chi connectivity index (χ1) is 12.3. The highest BCUT2D eigenvalue weighted by Gasteiger charge is 2.19. The Hall–Kier alpha value is -3.08. The molecule has 0 saturated carbocycles. The lowest BCUT2D eigenvalue weighted by molar-refractivity contribution is -0.122. The van der Waals surface area contributed by atoms with E-state index in [-0.39, 0.29) is 5.91 Å². The van der Waals surface area contributed by atoms with Crippen LogP contribution in [0.2, 0.25) is 0 Å². The van der Waals surface area contributed by atoms with Gasteiger partial charge in [0.1, 0.15) is 11.6 Å². The van der Waals surface area contributed by atoms with Crippen molar-refractivity contribution in [2.75, 3.05) is 5.32 Å². The number of carbonyl (C=O) groups is 1. The van der Waals surface area contributed by atoms with Gasteiger partial charge in [0.25, 0.3) is 5.91 Å². The Morgan fingerprint density at radius 2 is 1.76 bits per heavy atom. The van der Waals surface area contributed by atoms with E-state index in [1.54, 1.807) is 16.9 Å². The van der Waals surface area contributed by atoms with Gasteiger partial charge in [0, 0.05) is 6.07 Å². The highest BCUT2D eigenvalue weighted by atomic mass is 16.5. The molecule has 1 heterocycles. The average molecular weight is 335 g/mol. The van der Waals surface area contributed by atoms with Crippen LogP contribution in [0.25, 0.3) is 0 Å². The van der Waals surface area contributed by atoms with Crippen molar-refractivity contribution < 1.29 is 9.53 Å². The lowest BCUT2D eigenvalue weighted by Crippen LogP contribution is -2.33. The molecule has 0 fully saturated rings. The van der Waals surface area contributed by atoms with E-state index in [1.165, 1.54) is 0 Å². The standard InChI is InChI=1S/C20H21N3O2/c1-2-18(25-17-11-7-4-8-12-17)20(24)22-19-13-14-21-23(19)15-16-9-5-3-6-10-16/h3-14,18H,2,15H2,1H3,(H,22,24)/t18-/m1/s1. The van der Waals surface area contributed by atoms with Gasteiger partial charge in [0.15, 0.2) is 6.10 Å². The maximum absolute atomic E-state index is 12.6. The summed E-state index contributed by atoms with van der Waals surface area (Å²) in [7, 11) is 0. The Morgan fingerprint density at radius 1 is 1.08 bits per heavy atom. The SMILES string of the molecule is CC[C@@H](Oc1ccccc1)C(=O)Nc1ccnn1Cc1ccccc1. The van der Waals surface area contributed by atoms with Crippen LogP contribution in [0.15, 0.2) is 72.9 Å². The van der Waals surface area contributed by atoms with Crippen LogP contribution in [0, 0.1) is 0 Å². The summed E-state index contributed by atoms with van der Waals surface area (Å²) in [5, 5.41) is 7.21. The second kappa shape index (κ2) is 8.15. The zero-order valence-electron chi connectivity index (χ0n) is 14.1. The molecule has 3 rings (SSSR count). The van der Waals surface area contributed by atoms with Gasteiger partial charge in [-0.25, -0.2) is 4.68 Å². The number of anilines is 1. The van der Waals surface area contributed by atoms with Crippen molar-refractivity contribution in [3.05, 3.63) is 78.5 Å². The van der Waals surface area contributed by atoms with Gasteiger partial charge in [-0.05, 0) is 24.1 Å². The zero-order chi connectivity index (χ0) is 17.5. The minimum absolute atomic E-state index is 0.179. The van der Waals surface area contributed by atoms with Crippen LogP contribution in [-0.4, -0.2) is 21.8 Å². The Balaban J connectivity index is 1.67. The van der Waals surface area contributed by atoms with Crippen molar-refractivity contribution in [3.63, 3.8) is 0 Å². The third-order valence-electron chi connectivity index (χ3n) is 3.83. The highest BCUT2D eigenvalue weighted by molar-refractivity contribution is 5.93. The molecule has 1 amide bonds. The highest BCUT2D eigenvalue weighted by Crippen LogP contribution is 2.15. The van der Waals surface area contributed by atoms with Gasteiger partial charge in [-0.1, -0.05) is 55.5 Å². The number of benzene rings is 2. The molecule has 0 spiro atoms. The Bertz CT molecular complexity index is 800. The molecule has 0 aliphatic carbocycles. The molecule has 0 aliphatic rings. The normalized spacial score (nSPS) is 11.7.